The number of carbonyl (C=O) groups excluding carboxylic acids is 3. The number of carbonyl (C=O) groups is 3. The van der Waals surface area contributed by atoms with Gasteiger partial charge >= 0.3 is 0 Å². The number of rotatable bonds is 12. The first-order valence-corrected chi connectivity index (χ1v) is 22.1. The largest absolute Gasteiger partial charge is 0.383 e. The molecule has 0 bridgehead atoms. The minimum Gasteiger partial charge on any atom is -0.383 e. The van der Waals surface area contributed by atoms with Gasteiger partial charge in [-0.3, -0.25) is 24.1 Å². The Hall–Kier alpha value is -5.99. The number of piperidine rings is 1. The summed E-state index contributed by atoms with van der Waals surface area (Å²) < 4.78 is 15.0. The van der Waals surface area contributed by atoms with Crippen LogP contribution in [0.15, 0.2) is 83.8 Å². The van der Waals surface area contributed by atoms with Gasteiger partial charge in [0.15, 0.2) is 5.69 Å². The Balaban J connectivity index is 0.766. The van der Waals surface area contributed by atoms with Gasteiger partial charge < -0.3 is 24.9 Å². The number of hydrogen-bond acceptors (Lipinski definition) is 9. The molecule has 0 unspecified atom stereocenters. The van der Waals surface area contributed by atoms with Crippen molar-refractivity contribution in [2.45, 2.75) is 39.5 Å². The topological polar surface area (TPSA) is 138 Å². The number of pyridine rings is 1. The van der Waals surface area contributed by atoms with Crippen molar-refractivity contribution in [2.24, 2.45) is 5.92 Å². The monoisotopic (exact) mass is 841 g/mol. The van der Waals surface area contributed by atoms with Gasteiger partial charge in [0.2, 0.25) is 5.91 Å². The fourth-order valence-corrected chi connectivity index (χ4v) is 9.02. The number of amides is 3. The molecule has 14 heteroatoms. The van der Waals surface area contributed by atoms with Crippen LogP contribution in [0.3, 0.4) is 0 Å². The van der Waals surface area contributed by atoms with E-state index >= 15 is 4.39 Å². The van der Waals surface area contributed by atoms with Crippen molar-refractivity contribution in [3.63, 3.8) is 0 Å². The molecule has 3 aromatic carbocycles. The summed E-state index contributed by atoms with van der Waals surface area (Å²) in [5.74, 6) is -0.475. The molecule has 62 heavy (non-hydrogen) atoms. The van der Waals surface area contributed by atoms with Crippen LogP contribution in [-0.4, -0.2) is 142 Å². The molecule has 2 N–H and O–H groups in total. The van der Waals surface area contributed by atoms with E-state index in [0.29, 0.717) is 92.4 Å². The quantitative estimate of drug-likeness (QED) is 0.175. The molecule has 0 saturated carbocycles. The van der Waals surface area contributed by atoms with Gasteiger partial charge in [-0.05, 0) is 73.1 Å². The van der Waals surface area contributed by atoms with E-state index in [1.165, 1.54) is 11.6 Å². The number of benzene rings is 3. The normalized spacial score (nSPS) is 16.8. The van der Waals surface area contributed by atoms with Crippen molar-refractivity contribution in [3.8, 4) is 11.1 Å². The number of H-pyrrole nitrogens is 1. The van der Waals surface area contributed by atoms with Crippen molar-refractivity contribution in [3.05, 3.63) is 123 Å². The number of likely N-dealkylation sites (tertiary alicyclic amines) is 1. The molecule has 8 rings (SSSR count). The van der Waals surface area contributed by atoms with Crippen molar-refractivity contribution in [1.29, 1.82) is 0 Å². The highest BCUT2D eigenvalue weighted by Gasteiger charge is 2.31. The van der Waals surface area contributed by atoms with Gasteiger partial charge in [0.05, 0.1) is 28.9 Å². The van der Waals surface area contributed by atoms with E-state index in [1.807, 2.05) is 36.2 Å². The molecular formula is C48H56FN9O4. The van der Waals surface area contributed by atoms with E-state index in [2.05, 4.69) is 61.5 Å². The maximum absolute atomic E-state index is 15.0. The lowest BCUT2D eigenvalue weighted by Crippen LogP contribution is -2.55. The van der Waals surface area contributed by atoms with Gasteiger partial charge in [-0.2, -0.15) is 5.10 Å². The fourth-order valence-electron chi connectivity index (χ4n) is 9.02. The molecule has 3 aliphatic heterocycles. The zero-order valence-corrected chi connectivity index (χ0v) is 35.7. The first-order valence-electron chi connectivity index (χ1n) is 22.1. The Kier molecular flexibility index (Phi) is 13.3. The van der Waals surface area contributed by atoms with Crippen molar-refractivity contribution >= 4 is 34.2 Å². The highest BCUT2D eigenvalue weighted by molar-refractivity contribution is 5.98. The standard InChI is InChI=1S/C48H56FN9O4/c1-3-33-8-7-9-36(26-33)37-29-43(50-4-2)45(51-30-37)48(62)57-16-14-34(15-17-57)31-54-18-20-55(21-19-54)32-44(59)56-22-24-58(25-23-56)47(61)40-27-35(12-13-41(40)49)28-42-38-10-5-6-11-39(38)46(60)53-52-42/h5-13,26-27,29-30,34,50H,3-4,14-25,28,31-32H2,1-2H3,(H,53,60). The molecule has 3 fully saturated rings. The van der Waals surface area contributed by atoms with E-state index in [1.54, 1.807) is 34.1 Å². The number of aromatic amines is 1. The van der Waals surface area contributed by atoms with E-state index in [4.69, 9.17) is 0 Å². The Bertz CT molecular complexity index is 2470. The van der Waals surface area contributed by atoms with E-state index in [-0.39, 0.29) is 22.9 Å². The summed E-state index contributed by atoms with van der Waals surface area (Å²) in [6, 6.07) is 22.2. The maximum Gasteiger partial charge on any atom is 0.274 e. The summed E-state index contributed by atoms with van der Waals surface area (Å²) >= 11 is 0. The second-order valence-electron chi connectivity index (χ2n) is 16.7. The van der Waals surface area contributed by atoms with Crippen molar-refractivity contribution in [2.75, 3.05) is 90.4 Å². The predicted octanol–water partition coefficient (Wildman–Crippen LogP) is 5.16. The third-order valence-corrected chi connectivity index (χ3v) is 12.7. The number of fused-ring (bicyclic) bond motifs is 1. The molecule has 0 atom stereocenters. The average molecular weight is 842 g/mol. The highest BCUT2D eigenvalue weighted by Crippen LogP contribution is 2.28. The first kappa shape index (κ1) is 42.7. The lowest BCUT2D eigenvalue weighted by Gasteiger charge is -2.40. The zero-order chi connectivity index (χ0) is 43.2. The minimum atomic E-state index is -0.598. The van der Waals surface area contributed by atoms with Crippen LogP contribution in [0.5, 0.6) is 0 Å². The molecule has 3 aliphatic rings. The molecule has 324 valence electrons. The zero-order valence-electron chi connectivity index (χ0n) is 35.7. The second-order valence-corrected chi connectivity index (χ2v) is 16.7. The summed E-state index contributed by atoms with van der Waals surface area (Å²) in [6.07, 6.45) is 4.98. The van der Waals surface area contributed by atoms with Crippen LogP contribution in [0.4, 0.5) is 10.1 Å². The summed E-state index contributed by atoms with van der Waals surface area (Å²) in [6.45, 7) is 12.4. The van der Waals surface area contributed by atoms with Crippen LogP contribution in [0.1, 0.15) is 64.4 Å². The molecule has 5 heterocycles. The van der Waals surface area contributed by atoms with Crippen LogP contribution in [-0.2, 0) is 17.6 Å². The number of nitrogens with zero attached hydrogens (tertiary/aromatic N) is 7. The molecule has 0 spiro atoms. The smallest absolute Gasteiger partial charge is 0.274 e. The predicted molar refractivity (Wildman–Crippen MR) is 239 cm³/mol. The molecule has 5 aromatic rings. The molecule has 0 aliphatic carbocycles. The average Bonchev–Trinajstić information content (AvgIpc) is 3.31. The Morgan fingerprint density at radius 2 is 1.45 bits per heavy atom. The Morgan fingerprint density at radius 3 is 2.19 bits per heavy atom. The number of piperazine rings is 2. The number of hydrogen-bond donors (Lipinski definition) is 2. The molecule has 0 radical (unpaired) electrons. The number of nitrogens with one attached hydrogen (secondary N) is 2. The minimum absolute atomic E-state index is 0.0147. The number of halogens is 1. The Labute approximate surface area is 361 Å². The molecule has 2 aromatic heterocycles. The van der Waals surface area contributed by atoms with Crippen molar-refractivity contribution < 1.29 is 18.8 Å². The highest BCUT2D eigenvalue weighted by atomic mass is 19.1. The van der Waals surface area contributed by atoms with Gasteiger partial charge in [-0.25, -0.2) is 14.5 Å². The first-order chi connectivity index (χ1) is 30.2. The van der Waals surface area contributed by atoms with Crippen LogP contribution in [0.25, 0.3) is 21.9 Å². The molecule has 3 saturated heterocycles. The van der Waals surface area contributed by atoms with E-state index in [0.717, 1.165) is 68.8 Å². The van der Waals surface area contributed by atoms with Gasteiger partial charge in [0, 0.05) is 102 Å². The van der Waals surface area contributed by atoms with Crippen molar-refractivity contribution in [1.82, 2.24) is 39.7 Å². The fraction of sp³-hybridized carbons (Fsp3) is 0.417. The van der Waals surface area contributed by atoms with Crippen LogP contribution in [0, 0.1) is 11.7 Å². The second kappa shape index (κ2) is 19.4. The number of aryl methyl sites for hydroxylation is 1. The summed E-state index contributed by atoms with van der Waals surface area (Å²) in [7, 11) is 0. The van der Waals surface area contributed by atoms with E-state index in [9.17, 15) is 19.2 Å². The lowest BCUT2D eigenvalue weighted by atomic mass is 9.95. The van der Waals surface area contributed by atoms with Crippen LogP contribution in [0.2, 0.25) is 0 Å². The number of aromatic nitrogens is 3. The van der Waals surface area contributed by atoms with E-state index < -0.39 is 11.7 Å². The van der Waals surface area contributed by atoms with Gasteiger partial charge in [0.25, 0.3) is 17.4 Å². The van der Waals surface area contributed by atoms with Crippen LogP contribution >= 0.6 is 0 Å². The van der Waals surface area contributed by atoms with Gasteiger partial charge in [-0.1, -0.05) is 55.5 Å². The lowest BCUT2D eigenvalue weighted by molar-refractivity contribution is -0.134. The summed E-state index contributed by atoms with van der Waals surface area (Å²) in [4.78, 5) is 67.6. The van der Waals surface area contributed by atoms with Gasteiger partial charge in [-0.15, -0.1) is 0 Å². The summed E-state index contributed by atoms with van der Waals surface area (Å²) in [5.41, 5.74) is 5.65. The number of anilines is 1. The SMILES string of the molecule is CCNc1cc(-c2cccc(CC)c2)cnc1C(=O)N1CCC(CN2CCN(CC(=O)N3CCN(C(=O)c4cc(Cc5n[nH]c(=O)c6ccccc56)ccc4F)CC3)CC2)CC1. The molecule has 3 amide bonds. The third kappa shape index (κ3) is 9.71. The molecule has 13 nitrogen and oxygen atoms in total. The van der Waals surface area contributed by atoms with Gasteiger partial charge in [0.1, 0.15) is 5.82 Å². The molecular weight excluding hydrogens is 786 g/mol. The third-order valence-electron chi connectivity index (χ3n) is 12.7. The van der Waals surface area contributed by atoms with Crippen LogP contribution < -0.4 is 10.9 Å². The Morgan fingerprint density at radius 1 is 0.742 bits per heavy atom. The summed E-state index contributed by atoms with van der Waals surface area (Å²) in [5, 5.41) is 11.4. The maximum atomic E-state index is 15.0.